The molecule has 1 aromatic carbocycles. The van der Waals surface area contributed by atoms with Crippen LogP contribution in [0.2, 0.25) is 0 Å². The van der Waals surface area contributed by atoms with Crippen molar-refractivity contribution >= 4 is 5.78 Å². The van der Waals surface area contributed by atoms with Gasteiger partial charge in [-0.05, 0) is 12.8 Å². The monoisotopic (exact) mass is 220 g/mol. The number of rotatable bonds is 5. The van der Waals surface area contributed by atoms with E-state index in [-0.39, 0.29) is 11.7 Å². The molecule has 0 aromatic heterocycles. The predicted octanol–water partition coefficient (Wildman–Crippen LogP) is 3.06. The highest BCUT2D eigenvalue weighted by Gasteiger charge is 2.35. The van der Waals surface area contributed by atoms with E-state index in [1.54, 1.807) is 12.1 Å². The zero-order valence-electron chi connectivity index (χ0n) is 10.2. The van der Waals surface area contributed by atoms with Crippen LogP contribution in [0.15, 0.2) is 30.3 Å². The summed E-state index contributed by atoms with van der Waals surface area (Å²) >= 11 is 0. The smallest absolute Gasteiger partial charge is 0.168 e. The fourth-order valence-electron chi connectivity index (χ4n) is 1.96. The largest absolute Gasteiger partial charge is 0.389 e. The van der Waals surface area contributed by atoms with Crippen LogP contribution in [0.5, 0.6) is 0 Å². The molecular weight excluding hydrogens is 200 g/mol. The zero-order valence-corrected chi connectivity index (χ0v) is 10.2. The summed E-state index contributed by atoms with van der Waals surface area (Å²) in [5, 5.41) is 10.3. The highest BCUT2D eigenvalue weighted by molar-refractivity contribution is 5.98. The van der Waals surface area contributed by atoms with E-state index in [4.69, 9.17) is 0 Å². The van der Waals surface area contributed by atoms with Crippen molar-refractivity contribution in [1.29, 1.82) is 0 Å². The van der Waals surface area contributed by atoms with Crippen LogP contribution < -0.4 is 0 Å². The standard InChI is InChI=1S/C14H20O2/c1-4-14(16,5-2)11(3)13(15)12-9-7-6-8-10-12/h6-11,16H,4-5H2,1-3H3. The molecule has 0 saturated carbocycles. The molecule has 0 fully saturated rings. The summed E-state index contributed by atoms with van der Waals surface area (Å²) in [7, 11) is 0. The van der Waals surface area contributed by atoms with Gasteiger partial charge in [0.25, 0.3) is 0 Å². The number of carbonyl (C=O) groups is 1. The second-order valence-electron chi connectivity index (χ2n) is 4.26. The summed E-state index contributed by atoms with van der Waals surface area (Å²) < 4.78 is 0. The molecule has 1 atom stereocenters. The Morgan fingerprint density at radius 1 is 1.25 bits per heavy atom. The molecule has 1 N–H and O–H groups in total. The van der Waals surface area contributed by atoms with Gasteiger partial charge in [-0.25, -0.2) is 0 Å². The van der Waals surface area contributed by atoms with Crippen LogP contribution >= 0.6 is 0 Å². The van der Waals surface area contributed by atoms with Crippen LogP contribution in [-0.2, 0) is 0 Å². The Hall–Kier alpha value is -1.15. The maximum atomic E-state index is 12.1. The topological polar surface area (TPSA) is 37.3 Å². The molecule has 1 rings (SSSR count). The molecule has 0 amide bonds. The highest BCUT2D eigenvalue weighted by Crippen LogP contribution is 2.27. The van der Waals surface area contributed by atoms with E-state index in [9.17, 15) is 9.90 Å². The van der Waals surface area contributed by atoms with Gasteiger partial charge in [0, 0.05) is 11.5 Å². The average molecular weight is 220 g/mol. The fourth-order valence-corrected chi connectivity index (χ4v) is 1.96. The summed E-state index contributed by atoms with van der Waals surface area (Å²) in [5.74, 6) is -0.336. The molecule has 1 unspecified atom stereocenters. The average Bonchev–Trinajstić information content (AvgIpc) is 2.37. The molecule has 0 aliphatic heterocycles. The minimum Gasteiger partial charge on any atom is -0.389 e. The molecule has 0 bridgehead atoms. The Labute approximate surface area is 97.3 Å². The van der Waals surface area contributed by atoms with Gasteiger partial charge >= 0.3 is 0 Å². The Bertz CT molecular complexity index is 339. The predicted molar refractivity (Wildman–Crippen MR) is 65.5 cm³/mol. The van der Waals surface area contributed by atoms with E-state index >= 15 is 0 Å². The van der Waals surface area contributed by atoms with Crippen LogP contribution in [0.25, 0.3) is 0 Å². The molecule has 16 heavy (non-hydrogen) atoms. The number of aliphatic hydroxyl groups is 1. The number of Topliss-reactive ketones (excluding diaryl/α,β-unsaturated/α-hetero) is 1. The van der Waals surface area contributed by atoms with Gasteiger partial charge in [0.05, 0.1) is 5.60 Å². The Morgan fingerprint density at radius 2 is 1.75 bits per heavy atom. The van der Waals surface area contributed by atoms with E-state index < -0.39 is 5.60 Å². The molecular formula is C14H20O2. The lowest BCUT2D eigenvalue weighted by Crippen LogP contribution is -2.39. The van der Waals surface area contributed by atoms with Crippen LogP contribution in [0.3, 0.4) is 0 Å². The first kappa shape index (κ1) is 12.9. The van der Waals surface area contributed by atoms with E-state index in [0.717, 1.165) is 0 Å². The maximum Gasteiger partial charge on any atom is 0.168 e. The van der Waals surface area contributed by atoms with Crippen LogP contribution in [0.1, 0.15) is 44.0 Å². The second kappa shape index (κ2) is 5.26. The van der Waals surface area contributed by atoms with Crippen molar-refractivity contribution in [3.63, 3.8) is 0 Å². The summed E-state index contributed by atoms with van der Waals surface area (Å²) in [6.45, 7) is 5.64. The van der Waals surface area contributed by atoms with Gasteiger partial charge in [-0.3, -0.25) is 4.79 Å². The molecule has 0 saturated heterocycles. The van der Waals surface area contributed by atoms with Crippen molar-refractivity contribution in [2.45, 2.75) is 39.2 Å². The first-order valence-corrected chi connectivity index (χ1v) is 5.86. The lowest BCUT2D eigenvalue weighted by molar-refractivity contribution is -0.0111. The second-order valence-corrected chi connectivity index (χ2v) is 4.26. The first-order chi connectivity index (χ1) is 7.55. The van der Waals surface area contributed by atoms with Crippen molar-refractivity contribution in [3.05, 3.63) is 35.9 Å². The van der Waals surface area contributed by atoms with Crippen molar-refractivity contribution < 1.29 is 9.90 Å². The Kier molecular flexibility index (Phi) is 4.25. The van der Waals surface area contributed by atoms with Crippen molar-refractivity contribution in [2.75, 3.05) is 0 Å². The van der Waals surface area contributed by atoms with Crippen molar-refractivity contribution in [2.24, 2.45) is 5.92 Å². The maximum absolute atomic E-state index is 12.1. The third kappa shape index (κ3) is 2.50. The normalized spacial score (nSPS) is 13.5. The summed E-state index contributed by atoms with van der Waals surface area (Å²) in [6, 6.07) is 9.16. The van der Waals surface area contributed by atoms with Crippen molar-refractivity contribution in [1.82, 2.24) is 0 Å². The molecule has 2 nitrogen and oxygen atoms in total. The van der Waals surface area contributed by atoms with Crippen molar-refractivity contribution in [3.8, 4) is 0 Å². The fraction of sp³-hybridized carbons (Fsp3) is 0.500. The van der Waals surface area contributed by atoms with Gasteiger partial charge < -0.3 is 5.11 Å². The SMILES string of the molecule is CCC(O)(CC)C(C)C(=O)c1ccccc1. The molecule has 1 aromatic rings. The highest BCUT2D eigenvalue weighted by atomic mass is 16.3. The minimum atomic E-state index is -0.882. The summed E-state index contributed by atoms with van der Waals surface area (Å²) in [4.78, 5) is 12.1. The van der Waals surface area contributed by atoms with E-state index in [1.807, 2.05) is 39.0 Å². The van der Waals surface area contributed by atoms with Gasteiger partial charge in [0.1, 0.15) is 0 Å². The molecule has 0 heterocycles. The lowest BCUT2D eigenvalue weighted by atomic mass is 9.79. The third-order valence-electron chi connectivity index (χ3n) is 3.48. The van der Waals surface area contributed by atoms with E-state index in [1.165, 1.54) is 0 Å². The Balaban J connectivity index is 2.90. The Morgan fingerprint density at radius 3 is 2.19 bits per heavy atom. The van der Waals surface area contributed by atoms with Gasteiger partial charge in [-0.1, -0.05) is 51.1 Å². The summed E-state index contributed by atoms with van der Waals surface area (Å²) in [6.07, 6.45) is 1.20. The van der Waals surface area contributed by atoms with Crippen LogP contribution in [0.4, 0.5) is 0 Å². The van der Waals surface area contributed by atoms with E-state index in [0.29, 0.717) is 18.4 Å². The zero-order chi connectivity index (χ0) is 12.2. The van der Waals surface area contributed by atoms with Gasteiger partial charge in [0.15, 0.2) is 5.78 Å². The van der Waals surface area contributed by atoms with Gasteiger partial charge in [-0.15, -0.1) is 0 Å². The first-order valence-electron chi connectivity index (χ1n) is 5.86. The third-order valence-corrected chi connectivity index (χ3v) is 3.48. The van der Waals surface area contributed by atoms with Gasteiger partial charge in [-0.2, -0.15) is 0 Å². The number of benzene rings is 1. The molecule has 0 aliphatic carbocycles. The summed E-state index contributed by atoms with van der Waals surface area (Å²) in [5.41, 5.74) is -0.206. The van der Waals surface area contributed by atoms with E-state index in [2.05, 4.69) is 0 Å². The number of carbonyl (C=O) groups excluding carboxylic acids is 1. The molecule has 88 valence electrons. The number of hydrogen-bond acceptors (Lipinski definition) is 2. The van der Waals surface area contributed by atoms with Gasteiger partial charge in [0.2, 0.25) is 0 Å². The minimum absolute atomic E-state index is 0.0202. The number of hydrogen-bond donors (Lipinski definition) is 1. The molecule has 0 spiro atoms. The molecule has 0 radical (unpaired) electrons. The van der Waals surface area contributed by atoms with Crippen LogP contribution in [0, 0.1) is 5.92 Å². The lowest BCUT2D eigenvalue weighted by Gasteiger charge is -2.31. The molecule has 2 heteroatoms. The number of ketones is 1. The van der Waals surface area contributed by atoms with Crippen LogP contribution in [-0.4, -0.2) is 16.5 Å². The molecule has 0 aliphatic rings. The quantitative estimate of drug-likeness (QED) is 0.774.